The summed E-state index contributed by atoms with van der Waals surface area (Å²) >= 11 is 0. The molecule has 1 rings (SSSR count). The first kappa shape index (κ1) is 46.2. The highest BCUT2D eigenvalue weighted by atomic mass is 16.7. The second kappa shape index (κ2) is 30.7. The minimum atomic E-state index is -1.59. The van der Waals surface area contributed by atoms with Gasteiger partial charge in [-0.15, -0.1) is 0 Å². The SMILES string of the molecule is CCCCCCCCCCCCCCCCC(O)C(COC1OC(CO)C(O)C(O)C1O)NC(=O)C(O)CCCCCCCCCCCC. The molecule has 10 heteroatoms. The molecule has 0 radical (unpaired) electrons. The lowest BCUT2D eigenvalue weighted by molar-refractivity contribution is -0.302. The molecule has 1 aliphatic heterocycles. The number of aliphatic hydroxyl groups excluding tert-OH is 6. The third-order valence-electron chi connectivity index (χ3n) is 10.1. The highest BCUT2D eigenvalue weighted by Gasteiger charge is 2.44. The van der Waals surface area contributed by atoms with Crippen molar-refractivity contribution in [3.05, 3.63) is 0 Å². The van der Waals surface area contributed by atoms with Crippen molar-refractivity contribution < 1.29 is 44.9 Å². The maximum atomic E-state index is 12.9. The third kappa shape index (κ3) is 22.0. The Morgan fingerprint density at radius 2 is 1.02 bits per heavy atom. The number of carbonyl (C=O) groups excluding carboxylic acids is 1. The maximum Gasteiger partial charge on any atom is 0.249 e. The van der Waals surface area contributed by atoms with Gasteiger partial charge in [0.25, 0.3) is 0 Å². The van der Waals surface area contributed by atoms with E-state index in [0.717, 1.165) is 51.4 Å². The van der Waals surface area contributed by atoms with E-state index in [1.54, 1.807) is 0 Å². The molecular formula is C39H77NO9. The van der Waals surface area contributed by atoms with Gasteiger partial charge in [0.05, 0.1) is 25.4 Å². The number of unbranched alkanes of at least 4 members (excludes halogenated alkanes) is 22. The lowest BCUT2D eigenvalue weighted by atomic mass is 9.99. The van der Waals surface area contributed by atoms with Gasteiger partial charge in [-0.1, -0.05) is 168 Å². The fourth-order valence-electron chi connectivity index (χ4n) is 6.64. The quantitative estimate of drug-likeness (QED) is 0.0394. The molecule has 0 aromatic carbocycles. The van der Waals surface area contributed by atoms with Crippen LogP contribution in [0.2, 0.25) is 0 Å². The normalized spacial score (nSPS) is 23.0. The number of hydrogen-bond donors (Lipinski definition) is 7. The Kier molecular flexibility index (Phi) is 29.0. The summed E-state index contributed by atoms with van der Waals surface area (Å²) in [6.45, 7) is 3.63. The van der Waals surface area contributed by atoms with Gasteiger partial charge < -0.3 is 45.4 Å². The predicted molar refractivity (Wildman–Crippen MR) is 195 cm³/mol. The second-order valence-corrected chi connectivity index (χ2v) is 14.6. The summed E-state index contributed by atoms with van der Waals surface area (Å²) in [5.41, 5.74) is 0. The van der Waals surface area contributed by atoms with Gasteiger partial charge in [0, 0.05) is 0 Å². The minimum absolute atomic E-state index is 0.251. The molecule has 8 atom stereocenters. The van der Waals surface area contributed by atoms with Crippen LogP contribution in [0, 0.1) is 0 Å². The van der Waals surface area contributed by atoms with Crippen molar-refractivity contribution in [3.63, 3.8) is 0 Å². The molecule has 1 heterocycles. The van der Waals surface area contributed by atoms with Crippen molar-refractivity contribution in [2.75, 3.05) is 13.2 Å². The van der Waals surface area contributed by atoms with Gasteiger partial charge in [-0.05, 0) is 12.8 Å². The van der Waals surface area contributed by atoms with Crippen LogP contribution in [-0.4, -0.2) is 98.7 Å². The first-order valence-electron chi connectivity index (χ1n) is 20.3. The van der Waals surface area contributed by atoms with Crippen molar-refractivity contribution in [1.29, 1.82) is 0 Å². The zero-order chi connectivity index (χ0) is 36.1. The van der Waals surface area contributed by atoms with Crippen LogP contribution in [0.25, 0.3) is 0 Å². The molecule has 1 amide bonds. The molecule has 7 N–H and O–H groups in total. The first-order chi connectivity index (χ1) is 23.8. The van der Waals surface area contributed by atoms with E-state index in [2.05, 4.69) is 19.2 Å². The average Bonchev–Trinajstić information content (AvgIpc) is 3.10. The fraction of sp³-hybridized carbons (Fsp3) is 0.974. The van der Waals surface area contributed by atoms with E-state index in [-0.39, 0.29) is 6.61 Å². The summed E-state index contributed by atoms with van der Waals surface area (Å²) in [6, 6.07) is -0.885. The molecule has 0 spiro atoms. The van der Waals surface area contributed by atoms with Crippen LogP contribution in [0.3, 0.4) is 0 Å². The van der Waals surface area contributed by atoms with E-state index in [4.69, 9.17) is 9.47 Å². The summed E-state index contributed by atoms with van der Waals surface area (Å²) < 4.78 is 11.1. The molecule has 0 aliphatic carbocycles. The summed E-state index contributed by atoms with van der Waals surface area (Å²) in [5.74, 6) is -0.585. The molecular weight excluding hydrogens is 626 g/mol. The topological polar surface area (TPSA) is 169 Å². The van der Waals surface area contributed by atoms with E-state index >= 15 is 0 Å². The van der Waals surface area contributed by atoms with Crippen LogP contribution in [0.5, 0.6) is 0 Å². The van der Waals surface area contributed by atoms with Gasteiger partial charge in [0.1, 0.15) is 30.5 Å². The molecule has 8 unspecified atom stereocenters. The van der Waals surface area contributed by atoms with E-state index in [9.17, 15) is 35.4 Å². The lowest BCUT2D eigenvalue weighted by Gasteiger charge is -2.40. The van der Waals surface area contributed by atoms with Crippen LogP contribution in [-0.2, 0) is 14.3 Å². The van der Waals surface area contributed by atoms with Crippen molar-refractivity contribution in [2.24, 2.45) is 0 Å². The van der Waals surface area contributed by atoms with Gasteiger partial charge >= 0.3 is 0 Å². The van der Waals surface area contributed by atoms with Crippen LogP contribution in [0.15, 0.2) is 0 Å². The Morgan fingerprint density at radius 3 is 1.45 bits per heavy atom. The number of hydrogen-bond acceptors (Lipinski definition) is 9. The van der Waals surface area contributed by atoms with Crippen molar-refractivity contribution in [1.82, 2.24) is 5.32 Å². The van der Waals surface area contributed by atoms with Gasteiger partial charge in [0.15, 0.2) is 6.29 Å². The first-order valence-corrected chi connectivity index (χ1v) is 20.3. The zero-order valence-electron chi connectivity index (χ0n) is 31.3. The lowest BCUT2D eigenvalue weighted by Crippen LogP contribution is -2.60. The summed E-state index contributed by atoms with van der Waals surface area (Å²) in [4.78, 5) is 12.9. The molecule has 49 heavy (non-hydrogen) atoms. The Morgan fingerprint density at radius 1 is 0.612 bits per heavy atom. The number of carbonyl (C=O) groups is 1. The van der Waals surface area contributed by atoms with Crippen molar-refractivity contribution in [3.8, 4) is 0 Å². The van der Waals surface area contributed by atoms with Crippen LogP contribution in [0.4, 0.5) is 0 Å². The largest absolute Gasteiger partial charge is 0.394 e. The van der Waals surface area contributed by atoms with E-state index < -0.39 is 61.5 Å². The van der Waals surface area contributed by atoms with Gasteiger partial charge in [-0.2, -0.15) is 0 Å². The molecule has 0 saturated carbocycles. The molecule has 0 aromatic rings. The van der Waals surface area contributed by atoms with Gasteiger partial charge in [-0.25, -0.2) is 0 Å². The summed E-state index contributed by atoms with van der Waals surface area (Å²) in [7, 11) is 0. The molecule has 292 valence electrons. The van der Waals surface area contributed by atoms with Crippen LogP contribution >= 0.6 is 0 Å². The fourth-order valence-corrected chi connectivity index (χ4v) is 6.64. The average molecular weight is 704 g/mol. The Labute approximate surface area is 298 Å². The van der Waals surface area contributed by atoms with E-state index in [0.29, 0.717) is 12.8 Å². The monoisotopic (exact) mass is 704 g/mol. The van der Waals surface area contributed by atoms with Crippen molar-refractivity contribution >= 4 is 5.91 Å². The number of nitrogens with one attached hydrogen (secondary N) is 1. The summed E-state index contributed by atoms with van der Waals surface area (Å²) in [5, 5.41) is 64.5. The van der Waals surface area contributed by atoms with Crippen molar-refractivity contribution in [2.45, 2.75) is 230 Å². The number of amides is 1. The number of ether oxygens (including phenoxy) is 2. The Balaban J connectivity index is 2.46. The standard InChI is InChI=1S/C39H77NO9/c1-3-5-7-9-11-13-15-16-17-18-20-21-23-25-27-32(42)31(30-48-39-37(46)36(45)35(44)34(29-41)49-39)40-38(47)33(43)28-26-24-22-19-14-12-10-8-6-4-2/h31-37,39,41-46H,3-30H2,1-2H3,(H,40,47). The maximum absolute atomic E-state index is 12.9. The van der Waals surface area contributed by atoms with Gasteiger partial charge in [-0.3, -0.25) is 4.79 Å². The minimum Gasteiger partial charge on any atom is -0.394 e. The molecule has 1 aliphatic rings. The highest BCUT2D eigenvalue weighted by Crippen LogP contribution is 2.23. The Bertz CT molecular complexity index is 758. The smallest absolute Gasteiger partial charge is 0.249 e. The highest BCUT2D eigenvalue weighted by molar-refractivity contribution is 5.80. The molecule has 10 nitrogen and oxygen atoms in total. The predicted octanol–water partition coefficient (Wildman–Crippen LogP) is 6.19. The van der Waals surface area contributed by atoms with E-state index in [1.807, 2.05) is 0 Å². The van der Waals surface area contributed by atoms with E-state index in [1.165, 1.54) is 103 Å². The zero-order valence-corrected chi connectivity index (χ0v) is 31.3. The third-order valence-corrected chi connectivity index (χ3v) is 10.1. The number of rotatable bonds is 33. The summed E-state index contributed by atoms with van der Waals surface area (Å²) in [6.07, 6.45) is 20.1. The molecule has 1 fully saturated rings. The van der Waals surface area contributed by atoms with Crippen LogP contribution < -0.4 is 5.32 Å². The van der Waals surface area contributed by atoms with Crippen LogP contribution in [0.1, 0.15) is 181 Å². The molecule has 0 bridgehead atoms. The van der Waals surface area contributed by atoms with Gasteiger partial charge in [0.2, 0.25) is 5.91 Å². The molecule has 0 aromatic heterocycles. The second-order valence-electron chi connectivity index (χ2n) is 14.6. The Hall–Kier alpha value is -0.850. The molecule has 1 saturated heterocycles. The number of aliphatic hydroxyl groups is 6.